The molecule has 6 aliphatic heterocycles. The summed E-state index contributed by atoms with van der Waals surface area (Å²) < 4.78 is 122. The van der Waals surface area contributed by atoms with Gasteiger partial charge in [-0.25, -0.2) is 32.3 Å². The maximum Gasteiger partial charge on any atom is 0.472 e. The highest BCUT2D eigenvalue weighted by Crippen LogP contribution is 2.57. The second-order valence-corrected chi connectivity index (χ2v) is 35.8. The Morgan fingerprint density at radius 3 is 1.04 bits per heavy atom. The third kappa shape index (κ3) is 32.1. The summed E-state index contributed by atoms with van der Waals surface area (Å²) in [5, 5.41) is 9.14. The number of aliphatic hydroxyl groups excluding tert-OH is 1. The molecule has 578 valence electrons. The Morgan fingerprint density at radius 2 is 0.677 bits per heavy atom. The summed E-state index contributed by atoms with van der Waals surface area (Å²) in [4.78, 5) is 35.0. The van der Waals surface area contributed by atoms with E-state index in [4.69, 9.17) is 46.9 Å². The molecular formula is C69H138N12O14P4. The standard InChI is InChI=1S/C69H138N12O14P4/c1-7-10-13-16-19-22-25-28-31-36-41-76-47-44-73(4)67(76)70-96(83,84)79-50-55-89-64(58-79)61-93-97(85,71-68-74(5)45-48-77(68)42-37-32-29-26-23-20-17-14-11-8-2)80-51-56-90-65(59-80)62-94-98(86,72-69-75(6)46-49-78(69)43-38-33-30-27-24-21-18-15-12-9-3)81-52-57-91-66(60-81)63-95-99(87,88)92-54-40-35-34-39-53-82/h64-66,82H,7-63H2,1-6H3,(H,83,84)(H,87,88)/b70-67-,71-68+,72-69-/t64-,65-,66-,97?,98?/m0/s1. The van der Waals surface area contributed by atoms with Crippen molar-refractivity contribution in [2.45, 2.75) is 257 Å². The average molecular weight is 1480 g/mol. The van der Waals surface area contributed by atoms with Crippen LogP contribution in [0.2, 0.25) is 0 Å². The van der Waals surface area contributed by atoms with Gasteiger partial charge in [-0.05, 0) is 32.1 Å². The van der Waals surface area contributed by atoms with Gasteiger partial charge >= 0.3 is 30.8 Å². The van der Waals surface area contributed by atoms with Gasteiger partial charge in [-0.15, -0.1) is 0 Å². The number of guanidine groups is 3. The number of rotatable bonds is 55. The molecule has 26 nitrogen and oxygen atoms in total. The third-order valence-electron chi connectivity index (χ3n) is 20.0. The number of likely N-dealkylation sites (N-methyl/N-ethyl adjacent to an activating group) is 3. The van der Waals surface area contributed by atoms with Crippen LogP contribution in [0, 0.1) is 0 Å². The minimum Gasteiger partial charge on any atom is -0.396 e. The first-order valence-electron chi connectivity index (χ1n) is 39.3. The van der Waals surface area contributed by atoms with Gasteiger partial charge in [-0.1, -0.05) is 207 Å². The summed E-state index contributed by atoms with van der Waals surface area (Å²) in [5.74, 6) is 1.66. The molecule has 0 spiro atoms. The summed E-state index contributed by atoms with van der Waals surface area (Å²) >= 11 is 0. The summed E-state index contributed by atoms with van der Waals surface area (Å²) in [7, 11) is -11.3. The highest BCUT2D eigenvalue weighted by molar-refractivity contribution is 7.55. The lowest BCUT2D eigenvalue weighted by atomic mass is 10.1. The van der Waals surface area contributed by atoms with Crippen molar-refractivity contribution in [2.24, 2.45) is 14.3 Å². The van der Waals surface area contributed by atoms with Crippen LogP contribution in [0.5, 0.6) is 0 Å². The molecule has 0 radical (unpaired) electrons. The number of nitrogens with zero attached hydrogens (tertiary/aromatic N) is 12. The number of phosphoric ester groups is 1. The van der Waals surface area contributed by atoms with Crippen LogP contribution in [0.25, 0.3) is 0 Å². The largest absolute Gasteiger partial charge is 0.472 e. The topological polar surface area (TPSA) is 260 Å². The predicted octanol–water partition coefficient (Wildman–Crippen LogP) is 13.7. The van der Waals surface area contributed by atoms with Crippen molar-refractivity contribution in [1.82, 2.24) is 43.4 Å². The van der Waals surface area contributed by atoms with Gasteiger partial charge < -0.3 is 58.5 Å². The molecule has 4 unspecified atom stereocenters. The second-order valence-electron chi connectivity index (χ2n) is 28.5. The van der Waals surface area contributed by atoms with Crippen LogP contribution in [0.1, 0.15) is 239 Å². The fraction of sp³-hybridized carbons (Fsp3) is 0.957. The molecular weight excluding hydrogens is 1340 g/mol. The van der Waals surface area contributed by atoms with Gasteiger partial charge in [0.1, 0.15) is 0 Å². The molecule has 0 aromatic heterocycles. The zero-order valence-corrected chi connectivity index (χ0v) is 66.1. The van der Waals surface area contributed by atoms with Gasteiger partial charge in [0.25, 0.3) is 0 Å². The highest BCUT2D eigenvalue weighted by Gasteiger charge is 2.45. The third-order valence-corrected chi connectivity index (χ3v) is 26.5. The van der Waals surface area contributed by atoms with Crippen molar-refractivity contribution in [1.29, 1.82) is 0 Å². The van der Waals surface area contributed by atoms with Gasteiger partial charge in [-0.2, -0.15) is 14.3 Å². The molecule has 7 atom stereocenters. The van der Waals surface area contributed by atoms with Crippen LogP contribution in [-0.2, 0) is 50.6 Å². The molecule has 6 heterocycles. The van der Waals surface area contributed by atoms with Crippen LogP contribution in [0.3, 0.4) is 0 Å². The molecule has 0 aliphatic carbocycles. The molecule has 6 saturated heterocycles. The number of hydrogen-bond acceptors (Lipinski definition) is 12. The molecule has 6 rings (SSSR count). The summed E-state index contributed by atoms with van der Waals surface area (Å²) in [5.41, 5.74) is 0. The van der Waals surface area contributed by atoms with Crippen LogP contribution >= 0.6 is 30.8 Å². The monoisotopic (exact) mass is 1480 g/mol. The van der Waals surface area contributed by atoms with Crippen molar-refractivity contribution in [3.05, 3.63) is 0 Å². The molecule has 6 fully saturated rings. The van der Waals surface area contributed by atoms with Crippen molar-refractivity contribution < 1.29 is 65.5 Å². The Morgan fingerprint density at radius 1 is 0.374 bits per heavy atom. The van der Waals surface area contributed by atoms with E-state index in [9.17, 15) is 18.9 Å². The Hall–Kier alpha value is -1.79. The number of unbranched alkanes of at least 4 members (excludes halogenated alkanes) is 30. The van der Waals surface area contributed by atoms with Gasteiger partial charge in [0.15, 0.2) is 0 Å². The summed E-state index contributed by atoms with van der Waals surface area (Å²) in [6.07, 6.45) is 36.9. The van der Waals surface area contributed by atoms with Crippen molar-refractivity contribution in [3.8, 4) is 0 Å². The van der Waals surface area contributed by atoms with E-state index < -0.39 is 49.1 Å². The molecule has 0 bridgehead atoms. The Bertz CT molecular complexity index is 2500. The Balaban J connectivity index is 1.18. The minimum absolute atomic E-state index is 0.00749. The van der Waals surface area contributed by atoms with Crippen LogP contribution in [0.15, 0.2) is 14.3 Å². The van der Waals surface area contributed by atoms with Crippen molar-refractivity contribution >= 4 is 48.7 Å². The summed E-state index contributed by atoms with van der Waals surface area (Å²) in [6.45, 7) is 13.7. The Kier molecular flexibility index (Phi) is 42.1. The van der Waals surface area contributed by atoms with E-state index in [0.29, 0.717) is 63.4 Å². The van der Waals surface area contributed by atoms with E-state index in [-0.39, 0.29) is 92.1 Å². The van der Waals surface area contributed by atoms with Gasteiger partial charge in [-0.3, -0.25) is 18.1 Å². The molecule has 0 aromatic carbocycles. The van der Waals surface area contributed by atoms with Crippen molar-refractivity contribution in [3.63, 3.8) is 0 Å². The fourth-order valence-corrected chi connectivity index (χ4v) is 19.8. The van der Waals surface area contributed by atoms with E-state index in [1.807, 2.05) is 35.8 Å². The maximum absolute atomic E-state index is 16.2. The van der Waals surface area contributed by atoms with Gasteiger partial charge in [0.2, 0.25) is 17.9 Å². The molecule has 3 N–H and O–H groups in total. The first-order valence-corrected chi connectivity index (χ1v) is 45.4. The maximum atomic E-state index is 16.2. The number of morpholine rings is 3. The zero-order chi connectivity index (χ0) is 71.0. The van der Waals surface area contributed by atoms with E-state index in [1.54, 1.807) is 9.34 Å². The molecule has 0 aromatic rings. The molecule has 0 saturated carbocycles. The highest BCUT2D eigenvalue weighted by atomic mass is 31.2. The summed E-state index contributed by atoms with van der Waals surface area (Å²) in [6, 6.07) is 0. The number of phosphoric acid groups is 1. The van der Waals surface area contributed by atoms with E-state index >= 15 is 9.13 Å². The van der Waals surface area contributed by atoms with Gasteiger partial charge in [0.05, 0.1) is 64.6 Å². The number of ether oxygens (including phenoxy) is 3. The average Bonchev–Trinajstić information content (AvgIpc) is 1.76. The normalized spacial score (nSPS) is 23.9. The number of aliphatic hydroxyl groups is 1. The quantitative estimate of drug-likeness (QED) is 0.0377. The smallest absolute Gasteiger partial charge is 0.396 e. The van der Waals surface area contributed by atoms with Gasteiger partial charge in [0, 0.05) is 126 Å². The Labute approximate surface area is 598 Å². The lowest BCUT2D eigenvalue weighted by Crippen LogP contribution is -2.46. The van der Waals surface area contributed by atoms with Crippen LogP contribution in [-0.4, -0.2) is 267 Å². The molecule has 6 aliphatic rings. The lowest BCUT2D eigenvalue weighted by molar-refractivity contribution is -0.0465. The first-order chi connectivity index (χ1) is 47.9. The molecule has 0 amide bonds. The molecule has 99 heavy (non-hydrogen) atoms. The second kappa shape index (κ2) is 48.4. The zero-order valence-electron chi connectivity index (χ0n) is 62.5. The molecule has 30 heteroatoms. The van der Waals surface area contributed by atoms with E-state index in [2.05, 4.69) is 40.2 Å². The minimum atomic E-state index is -4.46. The van der Waals surface area contributed by atoms with E-state index in [1.165, 1.54) is 146 Å². The fourth-order valence-electron chi connectivity index (χ4n) is 13.7. The van der Waals surface area contributed by atoms with Crippen LogP contribution < -0.4 is 0 Å². The van der Waals surface area contributed by atoms with E-state index in [0.717, 1.165) is 90.4 Å². The SMILES string of the molecule is CCCCCCCCCCCCN1CCN(C)/C1=N/P(=O)(O)N1CCO[C@H](COP(=O)(/N=C2\N(C)CCN2CCCCCCCCCCCC)N2CCO[C@H](COP(=O)(/N=C3/N(C)CCN3CCCCCCCCCCCC)N3CCO[C@H](COP(=O)(O)OCCCCCCO)C3)C2)C1. The number of hydrogen-bond donors (Lipinski definition) is 3. The predicted molar refractivity (Wildman–Crippen MR) is 399 cm³/mol. The van der Waals surface area contributed by atoms with Crippen LogP contribution in [0.4, 0.5) is 0 Å². The first kappa shape index (κ1) is 86.1. The lowest BCUT2D eigenvalue weighted by Gasteiger charge is -2.39. The van der Waals surface area contributed by atoms with Crippen molar-refractivity contribution in [2.75, 3.05) is 172 Å².